The predicted molar refractivity (Wildman–Crippen MR) is 87.0 cm³/mol. The molecule has 0 N–H and O–H groups in total. The van der Waals surface area contributed by atoms with Crippen LogP contribution in [0.4, 0.5) is 4.39 Å². The summed E-state index contributed by atoms with van der Waals surface area (Å²) in [6, 6.07) is 14.4. The number of nitrogens with zero attached hydrogens (tertiary/aromatic N) is 3. The lowest BCUT2D eigenvalue weighted by Gasteiger charge is -2.39. The Balaban J connectivity index is 1.27. The van der Waals surface area contributed by atoms with E-state index in [1.165, 1.54) is 17.6 Å². The molecule has 3 aromatic rings. The van der Waals surface area contributed by atoms with E-state index in [0.29, 0.717) is 0 Å². The van der Waals surface area contributed by atoms with E-state index in [2.05, 4.69) is 20.5 Å². The number of benzene rings is 2. The molecule has 1 saturated heterocycles. The molecule has 2 heterocycles. The zero-order valence-corrected chi connectivity index (χ0v) is 12.7. The van der Waals surface area contributed by atoms with Crippen LogP contribution in [-0.4, -0.2) is 40.2 Å². The minimum absolute atomic E-state index is 0.194. The summed E-state index contributed by atoms with van der Waals surface area (Å²) in [7, 11) is 0. The summed E-state index contributed by atoms with van der Waals surface area (Å²) in [5, 5.41) is 0. The second kappa shape index (κ2) is 6.01. The second-order valence-electron chi connectivity index (χ2n) is 5.88. The SMILES string of the molecule is Fc1ccc(OC2CN(CCn3cnc4ccccc43)C2)cc1. The number of hydrogen-bond acceptors (Lipinski definition) is 3. The molecule has 118 valence electrons. The minimum atomic E-state index is -0.236. The van der Waals surface area contributed by atoms with E-state index in [-0.39, 0.29) is 11.9 Å². The van der Waals surface area contributed by atoms with Crippen molar-refractivity contribution >= 4 is 11.0 Å². The van der Waals surface area contributed by atoms with Gasteiger partial charge in [0.1, 0.15) is 17.7 Å². The van der Waals surface area contributed by atoms with Crippen LogP contribution in [0.2, 0.25) is 0 Å². The van der Waals surface area contributed by atoms with Gasteiger partial charge in [-0.15, -0.1) is 0 Å². The molecule has 0 radical (unpaired) electrons. The van der Waals surface area contributed by atoms with Crippen LogP contribution >= 0.6 is 0 Å². The van der Waals surface area contributed by atoms with Crippen molar-refractivity contribution in [2.75, 3.05) is 19.6 Å². The highest BCUT2D eigenvalue weighted by Crippen LogP contribution is 2.19. The number of hydrogen-bond donors (Lipinski definition) is 0. The molecule has 5 heteroatoms. The molecule has 0 atom stereocenters. The molecule has 23 heavy (non-hydrogen) atoms. The summed E-state index contributed by atoms with van der Waals surface area (Å²) in [6.07, 6.45) is 2.09. The first kappa shape index (κ1) is 14.2. The first-order valence-electron chi connectivity index (χ1n) is 7.82. The smallest absolute Gasteiger partial charge is 0.124 e. The van der Waals surface area contributed by atoms with Crippen molar-refractivity contribution in [1.29, 1.82) is 0 Å². The Kier molecular flexibility index (Phi) is 3.71. The molecule has 2 aromatic carbocycles. The Morgan fingerprint density at radius 2 is 1.83 bits per heavy atom. The van der Waals surface area contributed by atoms with Crippen LogP contribution in [0.15, 0.2) is 54.9 Å². The summed E-state index contributed by atoms with van der Waals surface area (Å²) >= 11 is 0. The Morgan fingerprint density at radius 3 is 2.65 bits per heavy atom. The summed E-state index contributed by atoms with van der Waals surface area (Å²) in [4.78, 5) is 6.76. The number of likely N-dealkylation sites (tertiary alicyclic amines) is 1. The molecule has 0 bridgehead atoms. The van der Waals surface area contributed by atoms with E-state index in [9.17, 15) is 4.39 Å². The lowest BCUT2D eigenvalue weighted by atomic mass is 10.1. The maximum Gasteiger partial charge on any atom is 0.124 e. The van der Waals surface area contributed by atoms with E-state index in [1.54, 1.807) is 12.1 Å². The van der Waals surface area contributed by atoms with Gasteiger partial charge in [0.2, 0.25) is 0 Å². The van der Waals surface area contributed by atoms with Crippen molar-refractivity contribution in [1.82, 2.24) is 14.5 Å². The van der Waals surface area contributed by atoms with Crippen LogP contribution in [0.25, 0.3) is 11.0 Å². The normalized spacial score (nSPS) is 15.7. The largest absolute Gasteiger partial charge is 0.488 e. The standard InChI is InChI=1S/C18H18FN3O/c19-14-5-7-15(8-6-14)23-16-11-21(12-16)9-10-22-13-20-17-3-1-2-4-18(17)22/h1-8,13,16H,9-12H2. The van der Waals surface area contributed by atoms with E-state index < -0.39 is 0 Å². The number of fused-ring (bicyclic) bond motifs is 1. The van der Waals surface area contributed by atoms with E-state index in [1.807, 2.05) is 24.5 Å². The third-order valence-electron chi connectivity index (χ3n) is 4.22. The summed E-state index contributed by atoms with van der Waals surface area (Å²) in [5.74, 6) is 0.497. The number of ether oxygens (including phenoxy) is 1. The molecule has 1 aromatic heterocycles. The highest BCUT2D eigenvalue weighted by molar-refractivity contribution is 5.74. The van der Waals surface area contributed by atoms with Gasteiger partial charge in [-0.05, 0) is 36.4 Å². The van der Waals surface area contributed by atoms with Gasteiger partial charge in [0.05, 0.1) is 17.4 Å². The Bertz CT molecular complexity index is 793. The summed E-state index contributed by atoms with van der Waals surface area (Å²) in [6.45, 7) is 3.71. The van der Waals surface area contributed by atoms with Crippen LogP contribution in [0.3, 0.4) is 0 Å². The zero-order valence-electron chi connectivity index (χ0n) is 12.7. The number of rotatable bonds is 5. The molecule has 0 spiro atoms. The second-order valence-corrected chi connectivity index (χ2v) is 5.88. The number of imidazole rings is 1. The molecule has 0 aliphatic carbocycles. The van der Waals surface area contributed by atoms with Gasteiger partial charge in [-0.3, -0.25) is 4.90 Å². The van der Waals surface area contributed by atoms with Gasteiger partial charge >= 0.3 is 0 Å². The first-order valence-corrected chi connectivity index (χ1v) is 7.82. The molecule has 1 aliphatic rings. The van der Waals surface area contributed by atoms with Crippen LogP contribution in [0, 0.1) is 5.82 Å². The third kappa shape index (κ3) is 3.05. The average molecular weight is 311 g/mol. The monoisotopic (exact) mass is 311 g/mol. The van der Waals surface area contributed by atoms with Crippen LogP contribution in [0.1, 0.15) is 0 Å². The van der Waals surface area contributed by atoms with Crippen molar-refractivity contribution in [2.45, 2.75) is 12.6 Å². The van der Waals surface area contributed by atoms with Crippen LogP contribution < -0.4 is 4.74 Å². The fourth-order valence-corrected chi connectivity index (χ4v) is 2.92. The van der Waals surface area contributed by atoms with Crippen molar-refractivity contribution in [2.24, 2.45) is 0 Å². The molecular formula is C18H18FN3O. The summed E-state index contributed by atoms with van der Waals surface area (Å²) < 4.78 is 20.9. The van der Waals surface area contributed by atoms with Crippen molar-refractivity contribution in [3.05, 3.63) is 60.7 Å². The van der Waals surface area contributed by atoms with Gasteiger partial charge in [0.25, 0.3) is 0 Å². The van der Waals surface area contributed by atoms with Crippen molar-refractivity contribution in [3.63, 3.8) is 0 Å². The molecular weight excluding hydrogens is 293 g/mol. The quantitative estimate of drug-likeness (QED) is 0.726. The van der Waals surface area contributed by atoms with E-state index >= 15 is 0 Å². The summed E-state index contributed by atoms with van der Waals surface area (Å²) in [5.41, 5.74) is 2.21. The lowest BCUT2D eigenvalue weighted by Crippen LogP contribution is -2.54. The van der Waals surface area contributed by atoms with Gasteiger partial charge in [0, 0.05) is 26.2 Å². The minimum Gasteiger partial charge on any atom is -0.488 e. The van der Waals surface area contributed by atoms with Crippen LogP contribution in [0.5, 0.6) is 5.75 Å². The average Bonchev–Trinajstić information content (AvgIpc) is 2.94. The molecule has 1 fully saturated rings. The Hall–Kier alpha value is -2.40. The van der Waals surface area contributed by atoms with Crippen molar-refractivity contribution in [3.8, 4) is 5.75 Å². The number of aromatic nitrogens is 2. The van der Waals surface area contributed by atoms with Crippen LogP contribution in [-0.2, 0) is 6.54 Å². The fourth-order valence-electron chi connectivity index (χ4n) is 2.92. The van der Waals surface area contributed by atoms with Gasteiger partial charge in [-0.2, -0.15) is 0 Å². The molecule has 4 nitrogen and oxygen atoms in total. The molecule has 0 unspecified atom stereocenters. The van der Waals surface area contributed by atoms with E-state index in [4.69, 9.17) is 4.74 Å². The molecule has 0 amide bonds. The fraction of sp³-hybridized carbons (Fsp3) is 0.278. The van der Waals surface area contributed by atoms with Gasteiger partial charge in [-0.25, -0.2) is 9.37 Å². The predicted octanol–water partition coefficient (Wildman–Crippen LogP) is 2.94. The zero-order chi connectivity index (χ0) is 15.6. The van der Waals surface area contributed by atoms with E-state index in [0.717, 1.165) is 37.4 Å². The third-order valence-corrected chi connectivity index (χ3v) is 4.22. The van der Waals surface area contributed by atoms with Gasteiger partial charge in [-0.1, -0.05) is 12.1 Å². The molecule has 4 rings (SSSR count). The number of para-hydroxylation sites is 2. The highest BCUT2D eigenvalue weighted by atomic mass is 19.1. The maximum absolute atomic E-state index is 12.9. The van der Waals surface area contributed by atoms with Gasteiger partial charge < -0.3 is 9.30 Å². The highest BCUT2D eigenvalue weighted by Gasteiger charge is 2.28. The lowest BCUT2D eigenvalue weighted by molar-refractivity contribution is 0.0181. The Morgan fingerprint density at radius 1 is 1.04 bits per heavy atom. The van der Waals surface area contributed by atoms with Gasteiger partial charge in [0.15, 0.2) is 0 Å². The maximum atomic E-state index is 12.9. The number of halogens is 1. The topological polar surface area (TPSA) is 30.3 Å². The molecule has 1 aliphatic heterocycles. The van der Waals surface area contributed by atoms with Crippen molar-refractivity contribution < 1.29 is 9.13 Å². The first-order chi connectivity index (χ1) is 11.3. The molecule has 0 saturated carbocycles. The Labute approximate surface area is 134 Å².